The highest BCUT2D eigenvalue weighted by Gasteiger charge is 2.37. The summed E-state index contributed by atoms with van der Waals surface area (Å²) in [7, 11) is 1.79. The molecule has 2 aromatic rings. The van der Waals surface area contributed by atoms with Gasteiger partial charge in [0.2, 0.25) is 0 Å². The van der Waals surface area contributed by atoms with Gasteiger partial charge in [0, 0.05) is 19.4 Å². The van der Waals surface area contributed by atoms with E-state index in [4.69, 9.17) is 0 Å². The van der Waals surface area contributed by atoms with Gasteiger partial charge in [0.25, 0.3) is 11.8 Å². The maximum Gasteiger partial charge on any atom is 0.336 e. The van der Waals surface area contributed by atoms with Crippen LogP contribution in [0.2, 0.25) is 0 Å². The maximum atomic E-state index is 13.9. The third-order valence-corrected chi connectivity index (χ3v) is 3.36. The fourth-order valence-electron chi connectivity index (χ4n) is 2.29. The second-order valence-corrected chi connectivity index (χ2v) is 5.02. The molecule has 1 aliphatic heterocycles. The first kappa shape index (κ1) is 14.7. The Hall–Kier alpha value is -3.22. The molecule has 23 heavy (non-hydrogen) atoms. The Morgan fingerprint density at radius 3 is 2.52 bits per heavy atom. The van der Waals surface area contributed by atoms with Gasteiger partial charge in [-0.1, -0.05) is 12.1 Å². The number of imide groups is 2. The lowest BCUT2D eigenvalue weighted by Crippen LogP contribution is -2.54. The van der Waals surface area contributed by atoms with Crippen molar-refractivity contribution in [2.45, 2.75) is 0 Å². The van der Waals surface area contributed by atoms with Crippen LogP contribution in [0.1, 0.15) is 5.56 Å². The Kier molecular flexibility index (Phi) is 3.53. The van der Waals surface area contributed by atoms with Crippen molar-refractivity contribution in [3.05, 3.63) is 59.7 Å². The predicted molar refractivity (Wildman–Crippen MR) is 80.8 cm³/mol. The quantitative estimate of drug-likeness (QED) is 0.679. The molecule has 1 aromatic carbocycles. The zero-order valence-corrected chi connectivity index (χ0v) is 12.1. The number of aromatic nitrogens is 1. The van der Waals surface area contributed by atoms with Crippen LogP contribution in [0.15, 0.2) is 48.3 Å². The van der Waals surface area contributed by atoms with Gasteiger partial charge in [0.05, 0.1) is 5.69 Å². The molecule has 0 atom stereocenters. The summed E-state index contributed by atoms with van der Waals surface area (Å²) in [5, 5.41) is 2.05. The minimum Gasteiger partial charge on any atom is -0.357 e. The normalized spacial score (nSPS) is 16.9. The van der Waals surface area contributed by atoms with Gasteiger partial charge < -0.3 is 4.57 Å². The van der Waals surface area contributed by atoms with E-state index in [0.29, 0.717) is 10.5 Å². The molecule has 1 fully saturated rings. The molecule has 0 saturated carbocycles. The molecule has 0 bridgehead atoms. The Bertz CT molecular complexity index is 854. The van der Waals surface area contributed by atoms with Gasteiger partial charge in [-0.25, -0.2) is 14.1 Å². The standard InChI is InChI=1S/C16H12FN3O3/c1-19-7-6-10(9-19)8-11-14(21)18-16(23)20(15(11)22)13-5-3-2-4-12(13)17/h2-9H,1H3,(H,18,21,23)/b11-8-. The van der Waals surface area contributed by atoms with Gasteiger partial charge >= 0.3 is 6.03 Å². The van der Waals surface area contributed by atoms with Crippen LogP contribution in [0.3, 0.4) is 0 Å². The monoisotopic (exact) mass is 313 g/mol. The van der Waals surface area contributed by atoms with Crippen molar-refractivity contribution in [1.82, 2.24) is 9.88 Å². The summed E-state index contributed by atoms with van der Waals surface area (Å²) in [4.78, 5) is 37.0. The summed E-state index contributed by atoms with van der Waals surface area (Å²) < 4.78 is 15.6. The van der Waals surface area contributed by atoms with Gasteiger partial charge in [-0.2, -0.15) is 0 Å². The number of anilines is 1. The highest BCUT2D eigenvalue weighted by Crippen LogP contribution is 2.24. The summed E-state index contributed by atoms with van der Waals surface area (Å²) in [6, 6.07) is 6.09. The first-order valence-corrected chi connectivity index (χ1v) is 6.75. The van der Waals surface area contributed by atoms with Crippen LogP contribution in [0.4, 0.5) is 14.9 Å². The number of urea groups is 1. The number of amides is 4. The lowest BCUT2D eigenvalue weighted by atomic mass is 10.1. The van der Waals surface area contributed by atoms with Crippen molar-refractivity contribution in [2.24, 2.45) is 7.05 Å². The van der Waals surface area contributed by atoms with Crippen LogP contribution in [-0.2, 0) is 16.6 Å². The zero-order chi connectivity index (χ0) is 16.6. The number of carbonyl (C=O) groups is 3. The third kappa shape index (κ3) is 2.64. The summed E-state index contributed by atoms with van der Waals surface area (Å²) in [5.41, 5.74) is 0.175. The van der Waals surface area contributed by atoms with Gasteiger partial charge in [0.15, 0.2) is 0 Å². The molecule has 0 aliphatic carbocycles. The van der Waals surface area contributed by atoms with Crippen molar-refractivity contribution in [1.29, 1.82) is 0 Å². The number of rotatable bonds is 2. The van der Waals surface area contributed by atoms with Crippen LogP contribution in [0.25, 0.3) is 6.08 Å². The molecule has 1 saturated heterocycles. The van der Waals surface area contributed by atoms with Crippen molar-refractivity contribution in [3.8, 4) is 0 Å². The Balaban J connectivity index is 2.04. The van der Waals surface area contributed by atoms with Crippen LogP contribution in [0.5, 0.6) is 0 Å². The van der Waals surface area contributed by atoms with E-state index < -0.39 is 23.7 Å². The maximum absolute atomic E-state index is 13.9. The highest BCUT2D eigenvalue weighted by atomic mass is 19.1. The molecule has 0 radical (unpaired) electrons. The Morgan fingerprint density at radius 2 is 1.87 bits per heavy atom. The average Bonchev–Trinajstić information content (AvgIpc) is 2.91. The number of nitrogens with one attached hydrogen (secondary N) is 1. The molecule has 6 nitrogen and oxygen atoms in total. The lowest BCUT2D eigenvalue weighted by molar-refractivity contribution is -0.122. The molecule has 7 heteroatoms. The second kappa shape index (κ2) is 5.53. The minimum atomic E-state index is -0.977. The number of benzene rings is 1. The molecule has 0 spiro atoms. The van der Waals surface area contributed by atoms with E-state index in [1.807, 2.05) is 5.32 Å². The van der Waals surface area contributed by atoms with E-state index in [1.54, 1.807) is 30.1 Å². The van der Waals surface area contributed by atoms with Crippen LogP contribution >= 0.6 is 0 Å². The number of aryl methyl sites for hydroxylation is 1. The summed E-state index contributed by atoms with van der Waals surface area (Å²) >= 11 is 0. The van der Waals surface area contributed by atoms with E-state index in [-0.39, 0.29) is 11.3 Å². The fraction of sp³-hybridized carbons (Fsp3) is 0.0625. The van der Waals surface area contributed by atoms with E-state index in [1.165, 1.54) is 24.3 Å². The molecular formula is C16H12FN3O3. The number of nitrogens with zero attached hydrogens (tertiary/aromatic N) is 2. The first-order valence-electron chi connectivity index (χ1n) is 6.75. The molecule has 0 unspecified atom stereocenters. The third-order valence-electron chi connectivity index (χ3n) is 3.36. The first-order chi connectivity index (χ1) is 11.0. The molecule has 4 amide bonds. The van der Waals surface area contributed by atoms with Crippen molar-refractivity contribution in [2.75, 3.05) is 4.90 Å². The number of halogens is 1. The molecule has 1 aliphatic rings. The molecular weight excluding hydrogens is 301 g/mol. The highest BCUT2D eigenvalue weighted by molar-refractivity contribution is 6.39. The second-order valence-electron chi connectivity index (χ2n) is 5.02. The van der Waals surface area contributed by atoms with Crippen LogP contribution in [0, 0.1) is 5.82 Å². The largest absolute Gasteiger partial charge is 0.357 e. The zero-order valence-electron chi connectivity index (χ0n) is 12.1. The van der Waals surface area contributed by atoms with Crippen molar-refractivity contribution in [3.63, 3.8) is 0 Å². The van der Waals surface area contributed by atoms with E-state index >= 15 is 0 Å². The number of barbiturate groups is 1. The average molecular weight is 313 g/mol. The molecule has 1 aromatic heterocycles. The van der Waals surface area contributed by atoms with E-state index in [2.05, 4.69) is 0 Å². The van der Waals surface area contributed by atoms with E-state index in [9.17, 15) is 18.8 Å². The smallest absolute Gasteiger partial charge is 0.336 e. The molecule has 116 valence electrons. The van der Waals surface area contributed by atoms with Crippen LogP contribution in [-0.4, -0.2) is 22.4 Å². The Morgan fingerprint density at radius 1 is 1.13 bits per heavy atom. The van der Waals surface area contributed by atoms with Gasteiger partial charge in [-0.05, 0) is 29.8 Å². The van der Waals surface area contributed by atoms with Gasteiger partial charge in [0.1, 0.15) is 11.4 Å². The topological polar surface area (TPSA) is 71.4 Å². The van der Waals surface area contributed by atoms with Crippen molar-refractivity contribution < 1.29 is 18.8 Å². The lowest BCUT2D eigenvalue weighted by Gasteiger charge is -2.26. The number of para-hydroxylation sites is 1. The van der Waals surface area contributed by atoms with Gasteiger partial charge in [-0.15, -0.1) is 0 Å². The summed E-state index contributed by atoms with van der Waals surface area (Å²) in [6.07, 6.45) is 4.81. The molecule has 1 N–H and O–H groups in total. The number of hydrogen-bond acceptors (Lipinski definition) is 3. The SMILES string of the molecule is Cn1ccc(/C=C2/C(=O)NC(=O)N(c3ccccc3F)C2=O)c1. The summed E-state index contributed by atoms with van der Waals surface area (Å²) in [6.45, 7) is 0. The van der Waals surface area contributed by atoms with Crippen molar-refractivity contribution >= 4 is 29.6 Å². The van der Waals surface area contributed by atoms with E-state index in [0.717, 1.165) is 6.07 Å². The fourth-order valence-corrected chi connectivity index (χ4v) is 2.29. The molecule has 2 heterocycles. The molecule has 3 rings (SSSR count). The summed E-state index contributed by atoms with van der Waals surface area (Å²) in [5.74, 6) is -2.41. The minimum absolute atomic E-state index is 0.207. The van der Waals surface area contributed by atoms with Crippen LogP contribution < -0.4 is 10.2 Å². The number of carbonyl (C=O) groups excluding carboxylic acids is 3. The number of hydrogen-bond donors (Lipinski definition) is 1. The Labute approximate surface area is 130 Å². The van der Waals surface area contributed by atoms with Gasteiger partial charge in [-0.3, -0.25) is 14.9 Å². The predicted octanol–water partition coefficient (Wildman–Crippen LogP) is 1.83.